The molecule has 180 valence electrons. The molecule has 34 heavy (non-hydrogen) atoms. The number of aliphatic imine (C=N–C) groups is 1. The highest BCUT2D eigenvalue weighted by atomic mass is 35.5. The van der Waals surface area contributed by atoms with Crippen LogP contribution in [-0.2, 0) is 0 Å². The van der Waals surface area contributed by atoms with Crippen LogP contribution in [0.5, 0.6) is 5.75 Å². The normalized spacial score (nSPS) is 31.0. The molecule has 2 saturated heterocycles. The maximum Gasteiger partial charge on any atom is 0.258 e. The van der Waals surface area contributed by atoms with E-state index in [1.165, 1.54) is 18.2 Å². The standard InChI is InChI=1S/C25H29ClFN5O2/c1-12-8-21(16-6-7-20(16)29-12)34-22-9-15(27)4-5-17(22)25(33)32-10-18(19(28)11-32)24-30-13(2)23(26)14(3)31-24/h4-5,9,12,16,20-21,28-30H,6-8,10-11H2,1-3H3/b24-18+,28-19?/t12?,16?,20?,21-/m1/s1. The van der Waals surface area contributed by atoms with Crippen LogP contribution in [0.2, 0.25) is 0 Å². The van der Waals surface area contributed by atoms with Crippen molar-refractivity contribution in [3.63, 3.8) is 0 Å². The number of hydrogen-bond acceptors (Lipinski definition) is 6. The number of benzene rings is 1. The number of fused-ring (bicyclic) bond motifs is 1. The van der Waals surface area contributed by atoms with Gasteiger partial charge in [0.1, 0.15) is 23.5 Å². The number of amides is 1. The summed E-state index contributed by atoms with van der Waals surface area (Å²) in [7, 11) is 0. The molecule has 0 aromatic heterocycles. The zero-order valence-electron chi connectivity index (χ0n) is 19.5. The Morgan fingerprint density at radius 1 is 1.29 bits per heavy atom. The highest BCUT2D eigenvalue weighted by Gasteiger charge is 2.43. The Labute approximate surface area is 203 Å². The van der Waals surface area contributed by atoms with Gasteiger partial charge < -0.3 is 25.7 Å². The molecule has 1 saturated carbocycles. The van der Waals surface area contributed by atoms with Gasteiger partial charge in [-0.15, -0.1) is 0 Å². The van der Waals surface area contributed by atoms with E-state index >= 15 is 0 Å². The molecule has 3 fully saturated rings. The molecule has 0 radical (unpaired) electrons. The third-order valence-electron chi connectivity index (χ3n) is 7.21. The maximum absolute atomic E-state index is 14.2. The zero-order chi connectivity index (χ0) is 24.1. The molecule has 1 amide bonds. The molecule has 1 aromatic carbocycles. The lowest BCUT2D eigenvalue weighted by Gasteiger charge is -2.48. The third kappa shape index (κ3) is 4.14. The first-order valence-electron chi connectivity index (χ1n) is 11.7. The van der Waals surface area contributed by atoms with Crippen LogP contribution < -0.4 is 15.4 Å². The van der Waals surface area contributed by atoms with E-state index in [0.29, 0.717) is 51.4 Å². The number of likely N-dealkylation sites (tertiary alicyclic amines) is 1. The summed E-state index contributed by atoms with van der Waals surface area (Å²) in [5.74, 6) is 0.461. The molecule has 1 aromatic rings. The minimum Gasteiger partial charge on any atom is -0.489 e. The summed E-state index contributed by atoms with van der Waals surface area (Å²) in [5.41, 5.74) is 2.70. The molecule has 3 aliphatic heterocycles. The summed E-state index contributed by atoms with van der Waals surface area (Å²) >= 11 is 6.22. The fourth-order valence-electron chi connectivity index (χ4n) is 5.26. The molecule has 0 bridgehead atoms. The summed E-state index contributed by atoms with van der Waals surface area (Å²) < 4.78 is 20.5. The van der Waals surface area contributed by atoms with Crippen LogP contribution in [0, 0.1) is 17.1 Å². The largest absolute Gasteiger partial charge is 0.489 e. The number of allylic oxidation sites excluding steroid dienone is 2. The summed E-state index contributed by atoms with van der Waals surface area (Å²) in [6.45, 7) is 6.16. The SMILES string of the molecule is CC1=N/C(=C2\CN(C(=O)c3ccc(F)cc3O[C@@H]3CC(C)NC4CCC43)CC2=N)NC(C)=C1Cl. The van der Waals surface area contributed by atoms with Gasteiger partial charge in [0.15, 0.2) is 0 Å². The van der Waals surface area contributed by atoms with E-state index < -0.39 is 5.82 Å². The molecular formula is C25H29ClFN5O2. The van der Waals surface area contributed by atoms with Gasteiger partial charge in [0.25, 0.3) is 5.91 Å². The van der Waals surface area contributed by atoms with Gasteiger partial charge in [-0.1, -0.05) is 11.6 Å². The van der Waals surface area contributed by atoms with Gasteiger partial charge in [-0.05, 0) is 52.2 Å². The van der Waals surface area contributed by atoms with E-state index in [4.69, 9.17) is 21.7 Å². The summed E-state index contributed by atoms with van der Waals surface area (Å²) in [4.78, 5) is 19.6. The molecule has 1 aliphatic carbocycles. The van der Waals surface area contributed by atoms with Crippen molar-refractivity contribution in [3.05, 3.63) is 51.7 Å². The highest BCUT2D eigenvalue weighted by molar-refractivity contribution is 6.43. The predicted octanol–water partition coefficient (Wildman–Crippen LogP) is 3.96. The Balaban J connectivity index is 1.38. The van der Waals surface area contributed by atoms with Crippen LogP contribution in [0.15, 0.2) is 45.3 Å². The lowest BCUT2D eigenvalue weighted by atomic mass is 9.71. The molecule has 4 atom stereocenters. The molecule has 5 rings (SSSR count). The lowest BCUT2D eigenvalue weighted by Crippen LogP contribution is -2.59. The topological polar surface area (TPSA) is 89.8 Å². The van der Waals surface area contributed by atoms with Crippen molar-refractivity contribution in [2.75, 3.05) is 13.1 Å². The van der Waals surface area contributed by atoms with E-state index in [1.807, 2.05) is 13.8 Å². The van der Waals surface area contributed by atoms with Gasteiger partial charge in [-0.3, -0.25) is 4.79 Å². The Hall–Kier alpha value is -2.71. The summed E-state index contributed by atoms with van der Waals surface area (Å²) in [6.07, 6.45) is 2.95. The minimum atomic E-state index is -0.439. The first-order chi connectivity index (χ1) is 16.2. The van der Waals surface area contributed by atoms with Crippen molar-refractivity contribution in [1.82, 2.24) is 15.5 Å². The molecule has 0 spiro atoms. The fraction of sp³-hybridized carbons (Fsp3) is 0.480. The van der Waals surface area contributed by atoms with Crippen LogP contribution in [0.4, 0.5) is 4.39 Å². The number of carbonyl (C=O) groups excluding carboxylic acids is 1. The molecule has 3 unspecified atom stereocenters. The van der Waals surface area contributed by atoms with Crippen molar-refractivity contribution in [2.45, 2.75) is 58.2 Å². The summed E-state index contributed by atoms with van der Waals surface area (Å²) in [5, 5.41) is 15.8. The van der Waals surface area contributed by atoms with Gasteiger partial charge in [0.2, 0.25) is 0 Å². The van der Waals surface area contributed by atoms with E-state index in [0.717, 1.165) is 25.0 Å². The van der Waals surface area contributed by atoms with Crippen molar-refractivity contribution in [2.24, 2.45) is 10.9 Å². The number of nitrogens with one attached hydrogen (secondary N) is 3. The Morgan fingerprint density at radius 2 is 2.09 bits per heavy atom. The van der Waals surface area contributed by atoms with Crippen LogP contribution in [0.1, 0.15) is 50.4 Å². The molecule has 9 heteroatoms. The number of piperidine rings is 1. The van der Waals surface area contributed by atoms with Crippen molar-refractivity contribution in [3.8, 4) is 5.75 Å². The molecule has 3 heterocycles. The Bertz CT molecular complexity index is 1160. The van der Waals surface area contributed by atoms with Crippen LogP contribution in [0.25, 0.3) is 0 Å². The minimum absolute atomic E-state index is 0.0545. The second-order valence-corrected chi connectivity index (χ2v) is 10.1. The first kappa shape index (κ1) is 23.1. The van der Waals surface area contributed by atoms with Gasteiger partial charge in [-0.25, -0.2) is 9.38 Å². The zero-order valence-corrected chi connectivity index (χ0v) is 20.3. The molecule has 7 nitrogen and oxygen atoms in total. The highest BCUT2D eigenvalue weighted by Crippen LogP contribution is 2.39. The number of halogens is 2. The number of ether oxygens (including phenoxy) is 1. The first-order valence-corrected chi connectivity index (χ1v) is 12.1. The van der Waals surface area contributed by atoms with E-state index in [1.54, 1.807) is 4.90 Å². The van der Waals surface area contributed by atoms with Gasteiger partial charge in [0.05, 0.1) is 35.1 Å². The number of nitrogens with zero attached hydrogens (tertiary/aromatic N) is 2. The molecule has 4 aliphatic rings. The van der Waals surface area contributed by atoms with E-state index in [2.05, 4.69) is 22.5 Å². The smallest absolute Gasteiger partial charge is 0.258 e. The number of carbonyl (C=O) groups is 1. The van der Waals surface area contributed by atoms with Gasteiger partial charge >= 0.3 is 0 Å². The van der Waals surface area contributed by atoms with Crippen molar-refractivity contribution in [1.29, 1.82) is 5.41 Å². The van der Waals surface area contributed by atoms with Crippen LogP contribution in [-0.4, -0.2) is 53.5 Å². The average Bonchev–Trinajstić information content (AvgIpc) is 3.15. The number of rotatable bonds is 3. The predicted molar refractivity (Wildman–Crippen MR) is 130 cm³/mol. The van der Waals surface area contributed by atoms with Crippen molar-refractivity contribution < 1.29 is 13.9 Å². The fourth-order valence-corrected chi connectivity index (χ4v) is 5.34. The van der Waals surface area contributed by atoms with Crippen LogP contribution >= 0.6 is 11.6 Å². The van der Waals surface area contributed by atoms with Crippen molar-refractivity contribution >= 4 is 28.9 Å². The molecule has 3 N–H and O–H groups in total. The monoisotopic (exact) mass is 485 g/mol. The van der Waals surface area contributed by atoms with Gasteiger partial charge in [-0.2, -0.15) is 0 Å². The van der Waals surface area contributed by atoms with E-state index in [9.17, 15) is 9.18 Å². The second kappa shape index (κ2) is 8.82. The summed E-state index contributed by atoms with van der Waals surface area (Å²) in [6, 6.07) is 4.81. The van der Waals surface area contributed by atoms with Gasteiger partial charge in [0, 0.05) is 35.3 Å². The maximum atomic E-state index is 14.2. The quantitative estimate of drug-likeness (QED) is 0.604. The Kier molecular flexibility index (Phi) is 5.98. The average molecular weight is 486 g/mol. The third-order valence-corrected chi connectivity index (χ3v) is 7.77. The van der Waals surface area contributed by atoms with Crippen LogP contribution in [0.3, 0.4) is 0 Å². The van der Waals surface area contributed by atoms with E-state index in [-0.39, 0.29) is 30.9 Å². The Morgan fingerprint density at radius 3 is 2.79 bits per heavy atom. The molecular weight excluding hydrogens is 457 g/mol. The second-order valence-electron chi connectivity index (χ2n) is 9.68. The lowest BCUT2D eigenvalue weighted by molar-refractivity contribution is 0.00254. The number of hydrogen-bond donors (Lipinski definition) is 3.